The van der Waals surface area contributed by atoms with E-state index in [4.69, 9.17) is 9.15 Å². The van der Waals surface area contributed by atoms with Crippen LogP contribution >= 0.6 is 0 Å². The number of carbonyl (C=O) groups is 3. The predicted octanol–water partition coefficient (Wildman–Crippen LogP) is 1.54. The van der Waals surface area contributed by atoms with Crippen LogP contribution in [-0.2, 0) is 14.4 Å². The highest BCUT2D eigenvalue weighted by molar-refractivity contribution is 5.88. The Hall–Kier alpha value is -4.14. The van der Waals surface area contributed by atoms with Gasteiger partial charge in [-0.25, -0.2) is 9.59 Å². The summed E-state index contributed by atoms with van der Waals surface area (Å²) in [5, 5.41) is 14.8. The second-order valence-corrected chi connectivity index (χ2v) is 6.72. The summed E-state index contributed by atoms with van der Waals surface area (Å²) in [4.78, 5) is 46.9. The van der Waals surface area contributed by atoms with Crippen LogP contribution in [-0.4, -0.2) is 36.0 Å². The molecule has 2 aromatic carbocycles. The highest BCUT2D eigenvalue weighted by atomic mass is 16.5. The first-order chi connectivity index (χ1) is 14.8. The van der Waals surface area contributed by atoms with E-state index in [-0.39, 0.29) is 6.61 Å². The van der Waals surface area contributed by atoms with Crippen LogP contribution in [0.5, 0.6) is 5.75 Å². The van der Waals surface area contributed by atoms with Gasteiger partial charge in [-0.2, -0.15) is 0 Å². The Morgan fingerprint density at radius 3 is 2.52 bits per heavy atom. The third-order valence-electron chi connectivity index (χ3n) is 4.42. The molecule has 9 heteroatoms. The van der Waals surface area contributed by atoms with Gasteiger partial charge in [-0.05, 0) is 30.2 Å². The maximum absolute atomic E-state index is 12.0. The molecule has 3 aromatic rings. The number of amides is 2. The van der Waals surface area contributed by atoms with Gasteiger partial charge in [0.05, 0.1) is 6.54 Å². The van der Waals surface area contributed by atoms with E-state index in [2.05, 4.69) is 10.6 Å². The van der Waals surface area contributed by atoms with Crippen molar-refractivity contribution in [3.63, 3.8) is 0 Å². The van der Waals surface area contributed by atoms with Gasteiger partial charge in [0.2, 0.25) is 5.91 Å². The SMILES string of the molecule is Cc1cc(=O)oc2cc(OCC(=O)NCC(=O)NC(C(=O)O)c3ccccc3)ccc12. The van der Waals surface area contributed by atoms with E-state index in [0.717, 1.165) is 10.9 Å². The molecule has 160 valence electrons. The molecule has 1 atom stereocenters. The van der Waals surface area contributed by atoms with E-state index in [0.29, 0.717) is 16.9 Å². The monoisotopic (exact) mass is 424 g/mol. The first-order valence-corrected chi connectivity index (χ1v) is 9.34. The van der Waals surface area contributed by atoms with Crippen molar-refractivity contribution in [3.05, 3.63) is 76.1 Å². The number of aryl methyl sites for hydroxylation is 1. The Morgan fingerprint density at radius 1 is 1.06 bits per heavy atom. The standard InChI is InChI=1S/C22H20N2O7/c1-13-9-20(27)31-17-10-15(7-8-16(13)17)30-12-19(26)23-11-18(25)24-21(22(28)29)14-5-3-2-4-6-14/h2-10,21H,11-12H2,1H3,(H,23,26)(H,24,25)(H,28,29). The molecule has 0 fully saturated rings. The van der Waals surface area contributed by atoms with Crippen molar-refractivity contribution in [1.29, 1.82) is 0 Å². The summed E-state index contributed by atoms with van der Waals surface area (Å²) in [5.74, 6) is -2.14. The molecule has 1 aromatic heterocycles. The number of carboxylic acids is 1. The van der Waals surface area contributed by atoms with Gasteiger partial charge in [0, 0.05) is 17.5 Å². The average molecular weight is 424 g/mol. The fourth-order valence-electron chi connectivity index (χ4n) is 2.92. The van der Waals surface area contributed by atoms with Gasteiger partial charge in [-0.1, -0.05) is 30.3 Å². The van der Waals surface area contributed by atoms with Crippen LogP contribution < -0.4 is 21.0 Å². The van der Waals surface area contributed by atoms with Crippen molar-refractivity contribution in [2.24, 2.45) is 0 Å². The Balaban J connectivity index is 1.52. The maximum atomic E-state index is 12.0. The smallest absolute Gasteiger partial charge is 0.336 e. The van der Waals surface area contributed by atoms with Crippen molar-refractivity contribution >= 4 is 28.8 Å². The Morgan fingerprint density at radius 2 is 1.81 bits per heavy atom. The Bertz CT molecular complexity index is 1170. The van der Waals surface area contributed by atoms with Crippen molar-refractivity contribution in [1.82, 2.24) is 10.6 Å². The molecule has 1 heterocycles. The van der Waals surface area contributed by atoms with Crippen LogP contribution in [0.25, 0.3) is 11.0 Å². The number of hydrogen-bond donors (Lipinski definition) is 3. The zero-order chi connectivity index (χ0) is 22.4. The molecular formula is C22H20N2O7. The molecule has 0 saturated heterocycles. The van der Waals surface area contributed by atoms with E-state index < -0.39 is 36.0 Å². The number of rotatable bonds is 8. The summed E-state index contributed by atoms with van der Waals surface area (Å²) >= 11 is 0. The number of carbonyl (C=O) groups excluding carboxylic acids is 2. The highest BCUT2D eigenvalue weighted by Gasteiger charge is 2.21. The third kappa shape index (κ3) is 5.69. The van der Waals surface area contributed by atoms with Crippen molar-refractivity contribution in [3.8, 4) is 5.75 Å². The lowest BCUT2D eigenvalue weighted by Crippen LogP contribution is -2.42. The van der Waals surface area contributed by atoms with E-state index >= 15 is 0 Å². The number of carboxylic acid groups (broad SMARTS) is 1. The van der Waals surface area contributed by atoms with Crippen molar-refractivity contribution in [2.45, 2.75) is 13.0 Å². The molecule has 0 spiro atoms. The molecule has 0 aliphatic heterocycles. The summed E-state index contributed by atoms with van der Waals surface area (Å²) in [5.41, 5.74) is 1.02. The topological polar surface area (TPSA) is 135 Å². The lowest BCUT2D eigenvalue weighted by molar-refractivity contribution is -0.142. The molecule has 31 heavy (non-hydrogen) atoms. The second kappa shape index (κ2) is 9.57. The molecule has 2 amide bonds. The summed E-state index contributed by atoms with van der Waals surface area (Å²) in [6.45, 7) is 0.992. The minimum Gasteiger partial charge on any atom is -0.484 e. The highest BCUT2D eigenvalue weighted by Crippen LogP contribution is 2.22. The summed E-state index contributed by atoms with van der Waals surface area (Å²) in [6, 6.07) is 13.2. The summed E-state index contributed by atoms with van der Waals surface area (Å²) in [7, 11) is 0. The molecule has 0 aliphatic rings. The van der Waals surface area contributed by atoms with Gasteiger partial charge >= 0.3 is 11.6 Å². The summed E-state index contributed by atoms with van der Waals surface area (Å²) in [6.07, 6.45) is 0. The quantitative estimate of drug-likeness (QED) is 0.467. The minimum absolute atomic E-state index is 0.316. The summed E-state index contributed by atoms with van der Waals surface area (Å²) < 4.78 is 10.5. The van der Waals surface area contributed by atoms with Gasteiger partial charge in [0.1, 0.15) is 11.3 Å². The minimum atomic E-state index is -1.22. The Labute approximate surface area is 176 Å². The van der Waals surface area contributed by atoms with Crippen LogP contribution in [0.1, 0.15) is 17.2 Å². The fraction of sp³-hybridized carbons (Fsp3) is 0.182. The molecule has 0 bridgehead atoms. The molecule has 0 aliphatic carbocycles. The molecular weight excluding hydrogens is 404 g/mol. The molecule has 3 rings (SSSR count). The molecule has 1 unspecified atom stereocenters. The molecule has 9 nitrogen and oxygen atoms in total. The molecule has 0 radical (unpaired) electrons. The number of benzene rings is 2. The number of fused-ring (bicyclic) bond motifs is 1. The Kier molecular flexibility index (Phi) is 6.66. The number of nitrogens with one attached hydrogen (secondary N) is 2. The fourth-order valence-corrected chi connectivity index (χ4v) is 2.92. The van der Waals surface area contributed by atoms with Crippen LogP contribution in [0.2, 0.25) is 0 Å². The predicted molar refractivity (Wildman–Crippen MR) is 111 cm³/mol. The van der Waals surface area contributed by atoms with E-state index in [9.17, 15) is 24.3 Å². The van der Waals surface area contributed by atoms with E-state index in [1.807, 2.05) is 0 Å². The van der Waals surface area contributed by atoms with Crippen molar-refractivity contribution < 1.29 is 28.6 Å². The first-order valence-electron chi connectivity index (χ1n) is 9.34. The van der Waals surface area contributed by atoms with Crippen LogP contribution in [0.3, 0.4) is 0 Å². The largest absolute Gasteiger partial charge is 0.484 e. The maximum Gasteiger partial charge on any atom is 0.336 e. The normalized spacial score (nSPS) is 11.5. The zero-order valence-corrected chi connectivity index (χ0v) is 16.6. The van der Waals surface area contributed by atoms with Gasteiger partial charge in [0.15, 0.2) is 12.6 Å². The van der Waals surface area contributed by atoms with Crippen LogP contribution in [0.15, 0.2) is 63.8 Å². The second-order valence-electron chi connectivity index (χ2n) is 6.72. The lowest BCUT2D eigenvalue weighted by Gasteiger charge is -2.15. The van der Waals surface area contributed by atoms with E-state index in [1.54, 1.807) is 49.4 Å². The first kappa shape index (κ1) is 21.6. The lowest BCUT2D eigenvalue weighted by atomic mass is 10.1. The molecule has 0 saturated carbocycles. The third-order valence-corrected chi connectivity index (χ3v) is 4.42. The van der Waals surface area contributed by atoms with E-state index in [1.165, 1.54) is 12.1 Å². The number of ether oxygens (including phenoxy) is 1. The van der Waals surface area contributed by atoms with Gasteiger partial charge < -0.3 is 24.9 Å². The van der Waals surface area contributed by atoms with Crippen LogP contribution in [0, 0.1) is 6.92 Å². The molecule has 3 N–H and O–H groups in total. The number of aliphatic carboxylic acids is 1. The average Bonchev–Trinajstić information content (AvgIpc) is 2.74. The zero-order valence-electron chi connectivity index (χ0n) is 16.6. The number of hydrogen-bond acceptors (Lipinski definition) is 6. The van der Waals surface area contributed by atoms with Gasteiger partial charge in [0.25, 0.3) is 5.91 Å². The van der Waals surface area contributed by atoms with Crippen LogP contribution in [0.4, 0.5) is 0 Å². The van der Waals surface area contributed by atoms with Gasteiger partial charge in [-0.3, -0.25) is 9.59 Å². The van der Waals surface area contributed by atoms with Gasteiger partial charge in [-0.15, -0.1) is 0 Å². The van der Waals surface area contributed by atoms with Crippen molar-refractivity contribution in [2.75, 3.05) is 13.2 Å².